The van der Waals surface area contributed by atoms with E-state index in [0.29, 0.717) is 35.8 Å². The number of ether oxygens (including phenoxy) is 2. The predicted molar refractivity (Wildman–Crippen MR) is 115 cm³/mol. The lowest BCUT2D eigenvalue weighted by Gasteiger charge is -2.24. The highest BCUT2D eigenvalue weighted by Crippen LogP contribution is 2.42. The molecule has 3 heterocycles. The van der Waals surface area contributed by atoms with Crippen LogP contribution in [0.5, 0.6) is 17.2 Å². The first-order valence-electron chi connectivity index (χ1n) is 9.95. The van der Waals surface area contributed by atoms with Gasteiger partial charge in [-0.1, -0.05) is 18.2 Å². The van der Waals surface area contributed by atoms with Gasteiger partial charge in [0.05, 0.1) is 11.6 Å². The third kappa shape index (κ3) is 3.22. The molecule has 1 aromatic heterocycles. The summed E-state index contributed by atoms with van der Waals surface area (Å²) in [5.74, 6) is -0.680. The van der Waals surface area contributed by atoms with E-state index in [1.54, 1.807) is 48.5 Å². The van der Waals surface area contributed by atoms with Crippen LogP contribution in [0.4, 0.5) is 5.82 Å². The molecule has 0 aliphatic carbocycles. The molecule has 0 spiro atoms. The van der Waals surface area contributed by atoms with Crippen LogP contribution in [0.2, 0.25) is 0 Å². The van der Waals surface area contributed by atoms with Crippen molar-refractivity contribution in [3.05, 3.63) is 83.6 Å². The molecule has 8 heteroatoms. The lowest BCUT2D eigenvalue weighted by atomic mass is 9.95. The molecule has 8 nitrogen and oxygen atoms in total. The number of Topliss-reactive ketones (excluding diaryl/α,β-unsaturated/α-hetero) is 1. The van der Waals surface area contributed by atoms with Crippen molar-refractivity contribution >= 4 is 23.3 Å². The zero-order valence-electron chi connectivity index (χ0n) is 16.8. The van der Waals surface area contributed by atoms with Gasteiger partial charge in [-0.05, 0) is 48.0 Å². The van der Waals surface area contributed by atoms with Crippen molar-refractivity contribution in [1.29, 1.82) is 0 Å². The summed E-state index contributed by atoms with van der Waals surface area (Å²) in [5.41, 5.74) is 0.770. The van der Waals surface area contributed by atoms with Crippen LogP contribution in [0.1, 0.15) is 17.2 Å². The molecule has 1 fully saturated rings. The highest BCUT2D eigenvalue weighted by atomic mass is 16.6. The fourth-order valence-corrected chi connectivity index (χ4v) is 3.88. The molecule has 2 N–H and O–H groups in total. The number of aromatic nitrogens is 1. The number of carbonyl (C=O) groups is 2. The molecule has 0 saturated carbocycles. The Kier molecular flexibility index (Phi) is 4.74. The Hall–Kier alpha value is -4.33. The summed E-state index contributed by atoms with van der Waals surface area (Å²) in [7, 11) is 0. The van der Waals surface area contributed by atoms with Crippen molar-refractivity contribution in [2.24, 2.45) is 0 Å². The van der Waals surface area contributed by atoms with Gasteiger partial charge >= 0.3 is 5.91 Å². The average molecular weight is 430 g/mol. The topological polar surface area (TPSA) is 109 Å². The fourth-order valence-electron chi connectivity index (χ4n) is 3.88. The highest BCUT2D eigenvalue weighted by Gasteiger charge is 2.47. The Morgan fingerprint density at radius 3 is 2.44 bits per heavy atom. The number of aromatic hydroxyl groups is 1. The molecule has 0 radical (unpaired) electrons. The molecule has 0 bridgehead atoms. The molecule has 1 saturated heterocycles. The van der Waals surface area contributed by atoms with Gasteiger partial charge in [-0.15, -0.1) is 0 Å². The highest BCUT2D eigenvalue weighted by molar-refractivity contribution is 6.51. The lowest BCUT2D eigenvalue weighted by Crippen LogP contribution is -2.30. The van der Waals surface area contributed by atoms with Crippen molar-refractivity contribution in [3.8, 4) is 17.2 Å². The SMILES string of the molecule is O=C1C(=O)N(c2ccccn2)C(c2ccc(O)cc2)C1=C(O)c1ccc2c(c1)OCCO2. The van der Waals surface area contributed by atoms with Gasteiger partial charge in [-0.25, -0.2) is 4.98 Å². The van der Waals surface area contributed by atoms with Gasteiger partial charge in [0, 0.05) is 11.8 Å². The molecule has 1 amide bonds. The van der Waals surface area contributed by atoms with Gasteiger partial charge in [-0.2, -0.15) is 0 Å². The van der Waals surface area contributed by atoms with Gasteiger partial charge in [0.2, 0.25) is 0 Å². The van der Waals surface area contributed by atoms with Crippen molar-refractivity contribution in [2.75, 3.05) is 18.1 Å². The summed E-state index contributed by atoms with van der Waals surface area (Å²) in [6, 6.07) is 15.0. The van der Waals surface area contributed by atoms with E-state index in [-0.39, 0.29) is 22.9 Å². The third-order valence-corrected chi connectivity index (χ3v) is 5.36. The molecule has 2 aliphatic rings. The first-order chi connectivity index (χ1) is 15.5. The number of fused-ring (bicyclic) bond motifs is 1. The second kappa shape index (κ2) is 7.73. The summed E-state index contributed by atoms with van der Waals surface area (Å²) in [6.07, 6.45) is 1.52. The number of ketones is 1. The number of aliphatic hydroxyl groups is 1. The van der Waals surface area contributed by atoms with Crippen LogP contribution in [-0.2, 0) is 9.59 Å². The van der Waals surface area contributed by atoms with Gasteiger partial charge in [-0.3, -0.25) is 14.5 Å². The maximum absolute atomic E-state index is 13.1. The molecule has 5 rings (SSSR count). The summed E-state index contributed by atoms with van der Waals surface area (Å²) in [5, 5.41) is 20.9. The van der Waals surface area contributed by atoms with Crippen molar-refractivity contribution in [3.63, 3.8) is 0 Å². The second-order valence-corrected chi connectivity index (χ2v) is 7.31. The maximum atomic E-state index is 13.1. The smallest absolute Gasteiger partial charge is 0.301 e. The summed E-state index contributed by atoms with van der Waals surface area (Å²) < 4.78 is 11.1. The van der Waals surface area contributed by atoms with Gasteiger partial charge < -0.3 is 19.7 Å². The lowest BCUT2D eigenvalue weighted by molar-refractivity contribution is -0.132. The standard InChI is InChI=1S/C24H18N2O6/c27-16-7-4-14(5-8-16)21-20(23(29)24(30)26(21)19-3-1-2-10-25-19)22(28)15-6-9-17-18(13-15)32-12-11-31-17/h1-10,13,21,27-28H,11-12H2. The van der Waals surface area contributed by atoms with Crippen LogP contribution in [0.15, 0.2) is 72.4 Å². The average Bonchev–Trinajstić information content (AvgIpc) is 3.09. The van der Waals surface area contributed by atoms with Crippen LogP contribution in [0.25, 0.3) is 5.76 Å². The molecular formula is C24H18N2O6. The Morgan fingerprint density at radius 1 is 0.969 bits per heavy atom. The van der Waals surface area contributed by atoms with E-state index in [1.807, 2.05) is 0 Å². The zero-order valence-corrected chi connectivity index (χ0v) is 16.8. The summed E-state index contributed by atoms with van der Waals surface area (Å²) in [4.78, 5) is 31.6. The number of phenolic OH excluding ortho intramolecular Hbond substituents is 1. The normalized spacial score (nSPS) is 19.2. The predicted octanol–water partition coefficient (Wildman–Crippen LogP) is 3.18. The van der Waals surface area contributed by atoms with Gasteiger partial charge in [0.25, 0.3) is 5.78 Å². The number of aliphatic hydroxyl groups excluding tert-OH is 1. The van der Waals surface area contributed by atoms with Crippen LogP contribution >= 0.6 is 0 Å². The Morgan fingerprint density at radius 2 is 1.72 bits per heavy atom. The monoisotopic (exact) mass is 430 g/mol. The number of nitrogens with zero attached hydrogens (tertiary/aromatic N) is 2. The molecule has 160 valence electrons. The molecule has 2 aromatic carbocycles. The fraction of sp³-hybridized carbons (Fsp3) is 0.125. The van der Waals surface area contributed by atoms with Crippen LogP contribution < -0.4 is 14.4 Å². The Balaban J connectivity index is 1.69. The first kappa shape index (κ1) is 19.6. The van der Waals surface area contributed by atoms with Gasteiger partial charge in [0.1, 0.15) is 30.5 Å². The molecule has 32 heavy (non-hydrogen) atoms. The van der Waals surface area contributed by atoms with Crippen LogP contribution in [-0.4, -0.2) is 40.1 Å². The number of pyridine rings is 1. The minimum absolute atomic E-state index is 0.0374. The number of amides is 1. The Bertz CT molecular complexity index is 1240. The quantitative estimate of drug-likeness (QED) is 0.373. The van der Waals surface area contributed by atoms with Crippen LogP contribution in [0, 0.1) is 0 Å². The van der Waals surface area contributed by atoms with Crippen molar-refractivity contribution < 1.29 is 29.3 Å². The number of phenols is 1. The largest absolute Gasteiger partial charge is 0.508 e. The van der Waals surface area contributed by atoms with E-state index in [1.165, 1.54) is 23.2 Å². The number of anilines is 1. The van der Waals surface area contributed by atoms with Crippen molar-refractivity contribution in [2.45, 2.75) is 6.04 Å². The van der Waals surface area contributed by atoms with E-state index >= 15 is 0 Å². The maximum Gasteiger partial charge on any atom is 0.301 e. The zero-order chi connectivity index (χ0) is 22.2. The second-order valence-electron chi connectivity index (χ2n) is 7.31. The first-order valence-corrected chi connectivity index (χ1v) is 9.95. The molecule has 1 atom stereocenters. The van der Waals surface area contributed by atoms with E-state index < -0.39 is 17.7 Å². The van der Waals surface area contributed by atoms with E-state index in [4.69, 9.17) is 9.47 Å². The van der Waals surface area contributed by atoms with Crippen LogP contribution in [0.3, 0.4) is 0 Å². The minimum atomic E-state index is -0.932. The number of carbonyl (C=O) groups excluding carboxylic acids is 2. The molecular weight excluding hydrogens is 412 g/mol. The van der Waals surface area contributed by atoms with Gasteiger partial charge in [0.15, 0.2) is 11.5 Å². The van der Waals surface area contributed by atoms with E-state index in [9.17, 15) is 19.8 Å². The summed E-state index contributed by atoms with van der Waals surface area (Å²) >= 11 is 0. The number of rotatable bonds is 3. The minimum Gasteiger partial charge on any atom is -0.508 e. The van der Waals surface area contributed by atoms with Crippen molar-refractivity contribution in [1.82, 2.24) is 4.98 Å². The number of hydrogen-bond donors (Lipinski definition) is 2. The molecule has 1 unspecified atom stereocenters. The van der Waals surface area contributed by atoms with E-state index in [2.05, 4.69) is 4.98 Å². The Labute approximate surface area is 183 Å². The number of hydrogen-bond acceptors (Lipinski definition) is 7. The molecule has 3 aromatic rings. The van der Waals surface area contributed by atoms with E-state index in [0.717, 1.165) is 0 Å². The summed E-state index contributed by atoms with van der Waals surface area (Å²) in [6.45, 7) is 0.795. The third-order valence-electron chi connectivity index (χ3n) is 5.36. The molecule has 2 aliphatic heterocycles. The number of benzene rings is 2.